The fourth-order valence-electron chi connectivity index (χ4n) is 1.09. The number of oxime groups is 1. The summed E-state index contributed by atoms with van der Waals surface area (Å²) in [7, 11) is 0. The van der Waals surface area contributed by atoms with Crippen LogP contribution in [0.2, 0.25) is 0 Å². The predicted molar refractivity (Wildman–Crippen MR) is 48.2 cm³/mol. The summed E-state index contributed by atoms with van der Waals surface area (Å²) in [5, 5.41) is 13.6. The zero-order valence-corrected chi connectivity index (χ0v) is 8.45. The van der Waals surface area contributed by atoms with Crippen molar-refractivity contribution in [3.63, 3.8) is 0 Å². The van der Waals surface area contributed by atoms with Crippen LogP contribution in [0.25, 0.3) is 0 Å². The van der Waals surface area contributed by atoms with Gasteiger partial charge in [0, 0.05) is 13.0 Å². The van der Waals surface area contributed by atoms with Gasteiger partial charge in [0.25, 0.3) is 5.91 Å². The van der Waals surface area contributed by atoms with E-state index in [1.807, 2.05) is 5.32 Å². The molecule has 0 saturated heterocycles. The van der Waals surface area contributed by atoms with Gasteiger partial charge in [0.15, 0.2) is 5.71 Å². The molecule has 0 aliphatic carbocycles. The Morgan fingerprint density at radius 2 is 2.18 bits per heavy atom. The normalized spacial score (nSPS) is 19.5. The number of carbonyl (C=O) groups excluding carboxylic acids is 1. The van der Waals surface area contributed by atoms with E-state index in [2.05, 4.69) is 9.99 Å². The maximum Gasteiger partial charge on any atom is 0.390 e. The van der Waals surface area contributed by atoms with Gasteiger partial charge in [-0.1, -0.05) is 5.16 Å². The van der Waals surface area contributed by atoms with E-state index in [0.29, 0.717) is 0 Å². The molecule has 2 N–H and O–H groups in total. The zero-order valence-electron chi connectivity index (χ0n) is 8.45. The van der Waals surface area contributed by atoms with Crippen LogP contribution in [-0.2, 0) is 14.4 Å². The minimum absolute atomic E-state index is 0.257. The minimum atomic E-state index is -4.35. The summed E-state index contributed by atoms with van der Waals surface area (Å²) in [6.07, 6.45) is -6.94. The molecule has 1 heterocycles. The number of halogens is 3. The molecule has 17 heavy (non-hydrogen) atoms. The second kappa shape index (κ2) is 5.02. The number of carboxylic acids is 1. The first-order valence-electron chi connectivity index (χ1n) is 4.60. The van der Waals surface area contributed by atoms with Crippen molar-refractivity contribution >= 4 is 17.6 Å². The van der Waals surface area contributed by atoms with Gasteiger partial charge in [-0.15, -0.1) is 0 Å². The number of rotatable bonds is 4. The molecule has 0 aromatic carbocycles. The molecule has 0 aromatic rings. The van der Waals surface area contributed by atoms with Crippen molar-refractivity contribution in [3.8, 4) is 0 Å². The standard InChI is InChI=1S/C8H9F3N2O4/c9-8(10,11)1-2-12-6(14)5-3-4(7(15)16)13-17-5/h5H,1-3H2,(H,12,14)(H,15,16). The summed E-state index contributed by atoms with van der Waals surface area (Å²) in [4.78, 5) is 26.1. The minimum Gasteiger partial charge on any atom is -0.477 e. The first kappa shape index (κ1) is 13.3. The fourth-order valence-corrected chi connectivity index (χ4v) is 1.09. The van der Waals surface area contributed by atoms with Crippen LogP contribution in [0.1, 0.15) is 12.8 Å². The van der Waals surface area contributed by atoms with Gasteiger partial charge in [-0.05, 0) is 0 Å². The summed E-state index contributed by atoms with van der Waals surface area (Å²) in [6, 6.07) is 0. The fraction of sp³-hybridized carbons (Fsp3) is 0.625. The molecule has 0 saturated carbocycles. The van der Waals surface area contributed by atoms with Gasteiger partial charge in [-0.3, -0.25) is 4.79 Å². The van der Waals surface area contributed by atoms with Gasteiger partial charge in [0.1, 0.15) is 0 Å². The number of carboxylic acid groups (broad SMARTS) is 1. The number of hydrogen-bond acceptors (Lipinski definition) is 4. The van der Waals surface area contributed by atoms with E-state index >= 15 is 0 Å². The average molecular weight is 254 g/mol. The Labute approximate surface area is 93.4 Å². The smallest absolute Gasteiger partial charge is 0.390 e. The highest BCUT2D eigenvalue weighted by atomic mass is 19.4. The van der Waals surface area contributed by atoms with Crippen LogP contribution in [-0.4, -0.2) is 41.5 Å². The van der Waals surface area contributed by atoms with Crippen molar-refractivity contribution in [1.29, 1.82) is 0 Å². The number of nitrogens with zero attached hydrogens (tertiary/aromatic N) is 1. The molecule has 1 aliphatic rings. The van der Waals surface area contributed by atoms with Crippen molar-refractivity contribution < 1.29 is 32.7 Å². The van der Waals surface area contributed by atoms with E-state index in [4.69, 9.17) is 5.11 Å². The van der Waals surface area contributed by atoms with Crippen molar-refractivity contribution in [3.05, 3.63) is 0 Å². The highest BCUT2D eigenvalue weighted by Crippen LogP contribution is 2.18. The number of aliphatic carboxylic acids is 1. The molecule has 1 aliphatic heterocycles. The molecule has 1 amide bonds. The Morgan fingerprint density at radius 1 is 1.53 bits per heavy atom. The Kier molecular flexibility index (Phi) is 3.92. The van der Waals surface area contributed by atoms with E-state index in [1.165, 1.54) is 0 Å². The second-order valence-electron chi connectivity index (χ2n) is 3.30. The lowest BCUT2D eigenvalue weighted by Gasteiger charge is -2.10. The van der Waals surface area contributed by atoms with Gasteiger partial charge in [-0.25, -0.2) is 4.79 Å². The summed E-state index contributed by atoms with van der Waals surface area (Å²) in [6.45, 7) is -0.579. The maximum atomic E-state index is 11.8. The largest absolute Gasteiger partial charge is 0.477 e. The Bertz CT molecular complexity index is 353. The highest BCUT2D eigenvalue weighted by molar-refractivity contribution is 6.36. The highest BCUT2D eigenvalue weighted by Gasteiger charge is 2.32. The molecule has 0 aromatic heterocycles. The molecule has 1 atom stereocenters. The molecule has 6 nitrogen and oxygen atoms in total. The van der Waals surface area contributed by atoms with Gasteiger partial charge in [0.05, 0.1) is 6.42 Å². The lowest BCUT2D eigenvalue weighted by molar-refractivity contribution is -0.139. The molecule has 0 fully saturated rings. The topological polar surface area (TPSA) is 88.0 Å². The molecular weight excluding hydrogens is 245 g/mol. The van der Waals surface area contributed by atoms with Gasteiger partial charge < -0.3 is 15.3 Å². The number of hydrogen-bond donors (Lipinski definition) is 2. The maximum absolute atomic E-state index is 11.8. The lowest BCUT2D eigenvalue weighted by Crippen LogP contribution is -2.37. The third kappa shape index (κ3) is 4.29. The Balaban J connectivity index is 2.30. The summed E-state index contributed by atoms with van der Waals surface area (Å²) in [5.41, 5.74) is -0.332. The zero-order chi connectivity index (χ0) is 13.1. The van der Waals surface area contributed by atoms with Crippen LogP contribution in [0.4, 0.5) is 13.2 Å². The molecule has 9 heteroatoms. The molecular formula is C8H9F3N2O4. The van der Waals surface area contributed by atoms with E-state index < -0.39 is 37.1 Å². The molecule has 1 unspecified atom stereocenters. The summed E-state index contributed by atoms with van der Waals surface area (Å²) in [5.74, 6) is -2.13. The van der Waals surface area contributed by atoms with Crippen LogP contribution in [0.5, 0.6) is 0 Å². The van der Waals surface area contributed by atoms with E-state index in [1.54, 1.807) is 0 Å². The monoisotopic (exact) mass is 254 g/mol. The van der Waals surface area contributed by atoms with Crippen molar-refractivity contribution in [2.45, 2.75) is 25.1 Å². The van der Waals surface area contributed by atoms with Crippen LogP contribution >= 0.6 is 0 Å². The van der Waals surface area contributed by atoms with Gasteiger partial charge >= 0.3 is 12.1 Å². The molecule has 96 valence electrons. The van der Waals surface area contributed by atoms with Crippen LogP contribution in [0.3, 0.4) is 0 Å². The molecule has 0 spiro atoms. The quantitative estimate of drug-likeness (QED) is 0.754. The number of alkyl halides is 3. The number of carbonyl (C=O) groups is 2. The number of nitrogens with one attached hydrogen (secondary N) is 1. The van der Waals surface area contributed by atoms with Crippen molar-refractivity contribution in [2.24, 2.45) is 5.16 Å². The number of amides is 1. The first-order chi connectivity index (χ1) is 7.79. The molecule has 0 radical (unpaired) electrons. The Morgan fingerprint density at radius 3 is 2.65 bits per heavy atom. The third-order valence-corrected chi connectivity index (χ3v) is 1.92. The molecule has 0 bridgehead atoms. The predicted octanol–water partition coefficient (Wildman–Crippen LogP) is 0.284. The van der Waals surface area contributed by atoms with Crippen LogP contribution in [0.15, 0.2) is 5.16 Å². The lowest BCUT2D eigenvalue weighted by atomic mass is 10.1. The summed E-state index contributed by atoms with van der Waals surface area (Å²) >= 11 is 0. The van der Waals surface area contributed by atoms with E-state index in [-0.39, 0.29) is 12.1 Å². The third-order valence-electron chi connectivity index (χ3n) is 1.92. The van der Waals surface area contributed by atoms with Crippen molar-refractivity contribution in [2.75, 3.05) is 6.54 Å². The van der Waals surface area contributed by atoms with Crippen molar-refractivity contribution in [1.82, 2.24) is 5.32 Å². The van der Waals surface area contributed by atoms with E-state index in [0.717, 1.165) is 0 Å². The van der Waals surface area contributed by atoms with Gasteiger partial charge in [0.2, 0.25) is 6.10 Å². The Hall–Kier alpha value is -1.80. The molecule has 1 rings (SSSR count). The average Bonchev–Trinajstić information content (AvgIpc) is 2.63. The summed E-state index contributed by atoms with van der Waals surface area (Å²) < 4.78 is 35.3. The van der Waals surface area contributed by atoms with Crippen LogP contribution in [0, 0.1) is 0 Å². The van der Waals surface area contributed by atoms with Crippen LogP contribution < -0.4 is 5.32 Å². The first-order valence-corrected chi connectivity index (χ1v) is 4.60. The second-order valence-corrected chi connectivity index (χ2v) is 3.30. The van der Waals surface area contributed by atoms with E-state index in [9.17, 15) is 22.8 Å². The van der Waals surface area contributed by atoms with Gasteiger partial charge in [-0.2, -0.15) is 13.2 Å². The SMILES string of the molecule is O=C(O)C1=NOC(C(=O)NCCC(F)(F)F)C1.